The molecule has 0 aromatic heterocycles. The molecule has 1 aliphatic heterocycles. The number of aliphatic hydroxyl groups is 1. The van der Waals surface area contributed by atoms with Gasteiger partial charge in [-0.3, -0.25) is 0 Å². The Bertz CT molecular complexity index is 427. The maximum Gasteiger partial charge on any atom is 0.338 e. The first-order valence-corrected chi connectivity index (χ1v) is 6.89. The van der Waals surface area contributed by atoms with Gasteiger partial charge in [-0.2, -0.15) is 0 Å². The van der Waals surface area contributed by atoms with Crippen LogP contribution in [0.5, 0.6) is 0 Å². The summed E-state index contributed by atoms with van der Waals surface area (Å²) in [5.41, 5.74) is 1.17. The van der Waals surface area contributed by atoms with Crippen LogP contribution in [-0.2, 0) is 4.74 Å². The molecule has 0 aliphatic carbocycles. The molecule has 0 radical (unpaired) electrons. The van der Waals surface area contributed by atoms with Gasteiger partial charge in [-0.1, -0.05) is 18.2 Å². The van der Waals surface area contributed by atoms with E-state index in [2.05, 4.69) is 5.32 Å². The van der Waals surface area contributed by atoms with Crippen LogP contribution in [0.1, 0.15) is 41.8 Å². The molecule has 1 unspecified atom stereocenters. The van der Waals surface area contributed by atoms with Crippen molar-refractivity contribution in [3.8, 4) is 0 Å². The smallest absolute Gasteiger partial charge is 0.338 e. The molecule has 2 rings (SSSR count). The molecule has 1 saturated heterocycles. The summed E-state index contributed by atoms with van der Waals surface area (Å²) in [6, 6.07) is 7.18. The van der Waals surface area contributed by atoms with Crippen molar-refractivity contribution in [3.05, 3.63) is 35.4 Å². The van der Waals surface area contributed by atoms with Gasteiger partial charge in [-0.15, -0.1) is 0 Å². The summed E-state index contributed by atoms with van der Waals surface area (Å²) in [7, 11) is 0. The number of ether oxygens (including phenoxy) is 1. The van der Waals surface area contributed by atoms with Gasteiger partial charge in [0, 0.05) is 0 Å². The zero-order valence-corrected chi connectivity index (χ0v) is 11.3. The van der Waals surface area contributed by atoms with E-state index in [9.17, 15) is 9.90 Å². The molecular weight excluding hydrogens is 242 g/mol. The van der Waals surface area contributed by atoms with E-state index in [0.717, 1.165) is 25.9 Å². The minimum absolute atomic E-state index is 0.205. The second kappa shape index (κ2) is 6.68. The van der Waals surface area contributed by atoms with Crippen LogP contribution in [0.15, 0.2) is 24.3 Å². The van der Waals surface area contributed by atoms with Crippen molar-refractivity contribution in [2.24, 2.45) is 5.92 Å². The molecule has 0 spiro atoms. The van der Waals surface area contributed by atoms with Crippen LogP contribution in [0.3, 0.4) is 0 Å². The quantitative estimate of drug-likeness (QED) is 0.815. The van der Waals surface area contributed by atoms with Gasteiger partial charge in [0.2, 0.25) is 0 Å². The molecule has 1 fully saturated rings. The number of aliphatic hydroxyl groups excluding tert-OH is 1. The van der Waals surface area contributed by atoms with Crippen molar-refractivity contribution >= 4 is 5.97 Å². The van der Waals surface area contributed by atoms with Crippen LogP contribution in [0.4, 0.5) is 0 Å². The monoisotopic (exact) mass is 263 g/mol. The number of rotatable bonds is 4. The van der Waals surface area contributed by atoms with E-state index in [4.69, 9.17) is 4.74 Å². The molecular formula is C15H21NO3. The number of benzene rings is 1. The van der Waals surface area contributed by atoms with E-state index in [1.54, 1.807) is 19.1 Å². The summed E-state index contributed by atoms with van der Waals surface area (Å²) in [4.78, 5) is 11.9. The first-order chi connectivity index (χ1) is 9.24. The molecule has 4 heteroatoms. The lowest BCUT2D eigenvalue weighted by atomic mass is 9.86. The third-order valence-electron chi connectivity index (χ3n) is 3.61. The summed E-state index contributed by atoms with van der Waals surface area (Å²) in [5.74, 6) is -0.150. The predicted molar refractivity (Wildman–Crippen MR) is 73.0 cm³/mol. The molecule has 1 atom stereocenters. The molecule has 0 amide bonds. The fourth-order valence-corrected chi connectivity index (χ4v) is 2.56. The first-order valence-electron chi connectivity index (χ1n) is 6.89. The van der Waals surface area contributed by atoms with Crippen LogP contribution in [0, 0.1) is 5.92 Å². The number of nitrogens with one attached hydrogen (secondary N) is 1. The fourth-order valence-electron chi connectivity index (χ4n) is 2.56. The van der Waals surface area contributed by atoms with Gasteiger partial charge in [0.05, 0.1) is 18.3 Å². The number of piperidine rings is 1. The minimum atomic E-state index is -0.595. The SMILES string of the molecule is CCOC(=O)c1ccccc1C(O)C1CCNCC1. The normalized spacial score (nSPS) is 18.0. The Morgan fingerprint density at radius 3 is 2.79 bits per heavy atom. The second-order valence-electron chi connectivity index (χ2n) is 4.84. The third-order valence-corrected chi connectivity index (χ3v) is 3.61. The summed E-state index contributed by atoms with van der Waals surface area (Å²) in [5, 5.41) is 13.8. The van der Waals surface area contributed by atoms with Crippen LogP contribution in [0.25, 0.3) is 0 Å². The van der Waals surface area contributed by atoms with Crippen LogP contribution in [0.2, 0.25) is 0 Å². The Hall–Kier alpha value is -1.39. The van der Waals surface area contributed by atoms with Crippen molar-refractivity contribution in [2.45, 2.75) is 25.9 Å². The number of esters is 1. The van der Waals surface area contributed by atoms with Crippen molar-refractivity contribution in [3.63, 3.8) is 0 Å². The van der Waals surface area contributed by atoms with Crippen molar-refractivity contribution in [1.29, 1.82) is 0 Å². The Morgan fingerprint density at radius 1 is 1.42 bits per heavy atom. The molecule has 2 N–H and O–H groups in total. The molecule has 4 nitrogen and oxygen atoms in total. The van der Waals surface area contributed by atoms with Crippen molar-refractivity contribution in [1.82, 2.24) is 5.32 Å². The molecule has 1 aromatic carbocycles. The molecule has 104 valence electrons. The highest BCUT2D eigenvalue weighted by Gasteiger charge is 2.26. The number of carbonyl (C=O) groups excluding carboxylic acids is 1. The van der Waals surface area contributed by atoms with E-state index < -0.39 is 6.10 Å². The van der Waals surface area contributed by atoms with Gasteiger partial charge in [0.25, 0.3) is 0 Å². The summed E-state index contributed by atoms with van der Waals surface area (Å²) in [6.07, 6.45) is 1.26. The topological polar surface area (TPSA) is 58.6 Å². The van der Waals surface area contributed by atoms with E-state index >= 15 is 0 Å². The van der Waals surface area contributed by atoms with Crippen molar-refractivity contribution < 1.29 is 14.6 Å². The minimum Gasteiger partial charge on any atom is -0.462 e. The van der Waals surface area contributed by atoms with Gasteiger partial charge in [-0.25, -0.2) is 4.79 Å². The Labute approximate surface area is 113 Å². The summed E-state index contributed by atoms with van der Waals surface area (Å²) in [6.45, 7) is 3.97. The van der Waals surface area contributed by atoms with E-state index in [-0.39, 0.29) is 11.9 Å². The lowest BCUT2D eigenvalue weighted by Crippen LogP contribution is -2.31. The zero-order chi connectivity index (χ0) is 13.7. The van der Waals surface area contributed by atoms with Crippen molar-refractivity contribution in [2.75, 3.05) is 19.7 Å². The number of carbonyl (C=O) groups is 1. The van der Waals surface area contributed by atoms with E-state index in [1.807, 2.05) is 12.1 Å². The number of hydrogen-bond acceptors (Lipinski definition) is 4. The highest BCUT2D eigenvalue weighted by Crippen LogP contribution is 2.30. The van der Waals surface area contributed by atoms with Crippen LogP contribution >= 0.6 is 0 Å². The van der Waals surface area contributed by atoms with Gasteiger partial charge >= 0.3 is 5.97 Å². The maximum absolute atomic E-state index is 11.9. The zero-order valence-electron chi connectivity index (χ0n) is 11.3. The summed E-state index contributed by atoms with van der Waals surface area (Å²) >= 11 is 0. The molecule has 1 aromatic rings. The van der Waals surface area contributed by atoms with Crippen LogP contribution < -0.4 is 5.32 Å². The van der Waals surface area contributed by atoms with Gasteiger partial charge < -0.3 is 15.2 Å². The average Bonchev–Trinajstić information content (AvgIpc) is 2.47. The number of hydrogen-bond donors (Lipinski definition) is 2. The highest BCUT2D eigenvalue weighted by molar-refractivity contribution is 5.91. The standard InChI is InChI=1S/C15H21NO3/c1-2-19-15(18)13-6-4-3-5-12(13)14(17)11-7-9-16-10-8-11/h3-6,11,14,16-17H,2,7-10H2,1H3. The lowest BCUT2D eigenvalue weighted by molar-refractivity contribution is 0.0505. The molecule has 0 saturated carbocycles. The Morgan fingerprint density at radius 2 is 2.11 bits per heavy atom. The third kappa shape index (κ3) is 3.33. The maximum atomic E-state index is 11.9. The second-order valence-corrected chi connectivity index (χ2v) is 4.84. The largest absolute Gasteiger partial charge is 0.462 e. The average molecular weight is 263 g/mol. The predicted octanol–water partition coefficient (Wildman–Crippen LogP) is 1.90. The van der Waals surface area contributed by atoms with E-state index in [1.165, 1.54) is 0 Å². The van der Waals surface area contributed by atoms with Gasteiger partial charge in [-0.05, 0) is 50.4 Å². The highest BCUT2D eigenvalue weighted by atomic mass is 16.5. The Kier molecular flexibility index (Phi) is 4.93. The van der Waals surface area contributed by atoms with Gasteiger partial charge in [0.1, 0.15) is 0 Å². The Balaban J connectivity index is 2.20. The summed E-state index contributed by atoms with van der Waals surface area (Å²) < 4.78 is 5.04. The molecule has 0 bridgehead atoms. The first kappa shape index (κ1) is 14.0. The lowest BCUT2D eigenvalue weighted by Gasteiger charge is -2.28. The molecule has 1 heterocycles. The fraction of sp³-hybridized carbons (Fsp3) is 0.533. The molecule has 1 aliphatic rings. The van der Waals surface area contributed by atoms with E-state index in [0.29, 0.717) is 17.7 Å². The molecule has 19 heavy (non-hydrogen) atoms. The van der Waals surface area contributed by atoms with Crippen LogP contribution in [-0.4, -0.2) is 30.8 Å². The van der Waals surface area contributed by atoms with Gasteiger partial charge in [0.15, 0.2) is 0 Å².